The van der Waals surface area contributed by atoms with Crippen molar-refractivity contribution in [1.82, 2.24) is 9.88 Å². The fraction of sp³-hybridized carbons (Fsp3) is 0.350. The minimum Gasteiger partial charge on any atom is -0.344 e. The zero-order valence-electron chi connectivity index (χ0n) is 17.0. The Morgan fingerprint density at radius 1 is 1.10 bits per heavy atom. The summed E-state index contributed by atoms with van der Waals surface area (Å²) < 4.78 is 52.7. The quantitative estimate of drug-likeness (QED) is 0.435. The van der Waals surface area contributed by atoms with Crippen molar-refractivity contribution in [1.29, 1.82) is 0 Å². The minimum absolute atomic E-state index is 0.0968. The Hall–Kier alpha value is -3.17. The monoisotopic (exact) mass is 427 g/mol. The Morgan fingerprint density at radius 3 is 2.23 bits per heavy atom. The maximum absolute atomic E-state index is 13.4. The first-order valence-corrected chi connectivity index (χ1v) is 8.91. The van der Waals surface area contributed by atoms with Gasteiger partial charge in [-0.2, -0.15) is 13.2 Å². The molecule has 2 amide bonds. The van der Waals surface area contributed by atoms with Crippen LogP contribution in [0, 0.1) is 26.6 Å². The van der Waals surface area contributed by atoms with Crippen LogP contribution in [0.1, 0.15) is 44.6 Å². The molecule has 30 heavy (non-hydrogen) atoms. The highest BCUT2D eigenvalue weighted by molar-refractivity contribution is 6.43. The molecule has 0 unspecified atom stereocenters. The number of carbonyl (C=O) groups excluding carboxylic acids is 3. The highest BCUT2D eigenvalue weighted by atomic mass is 19.4. The van der Waals surface area contributed by atoms with Gasteiger partial charge in [0.2, 0.25) is 0 Å². The summed E-state index contributed by atoms with van der Waals surface area (Å²) in [6.07, 6.45) is -4.70. The number of halogens is 4. The minimum atomic E-state index is -4.70. The lowest BCUT2D eigenvalue weighted by atomic mass is 10.1. The molecule has 162 valence electrons. The van der Waals surface area contributed by atoms with Gasteiger partial charge < -0.3 is 15.2 Å². The Kier molecular flexibility index (Phi) is 6.39. The van der Waals surface area contributed by atoms with Crippen LogP contribution in [0.15, 0.2) is 18.2 Å². The molecule has 10 heteroatoms. The van der Waals surface area contributed by atoms with Crippen LogP contribution in [0.5, 0.6) is 0 Å². The normalized spacial score (nSPS) is 12.4. The number of hydrogen-bond donors (Lipinski definition) is 2. The summed E-state index contributed by atoms with van der Waals surface area (Å²) >= 11 is 0. The standard InChI is InChI=1S/C20H21F4N3O3/c1-9-8-13(6-7-14(9)21)26-18(29)15-10(2)16(27(5)11(15)3)17(28)19(30)25-12(4)20(22,23)24/h6-8,12H,1-5H3,(H,25,30)(H,26,29)/t12-/m1/s1. The molecule has 0 aliphatic heterocycles. The third-order valence-electron chi connectivity index (χ3n) is 4.83. The van der Waals surface area contributed by atoms with Crippen molar-refractivity contribution < 1.29 is 31.9 Å². The zero-order valence-corrected chi connectivity index (χ0v) is 17.0. The summed E-state index contributed by atoms with van der Waals surface area (Å²) in [5.41, 5.74) is 1.03. The molecular formula is C20H21F4N3O3. The number of alkyl halides is 3. The third-order valence-corrected chi connectivity index (χ3v) is 4.83. The lowest BCUT2D eigenvalue weighted by molar-refractivity contribution is -0.156. The second-order valence-corrected chi connectivity index (χ2v) is 6.98. The van der Waals surface area contributed by atoms with E-state index in [0.717, 1.165) is 6.92 Å². The number of Topliss-reactive ketones (excluding diaryl/α,β-unsaturated/α-hetero) is 1. The van der Waals surface area contributed by atoms with Gasteiger partial charge in [0.05, 0.1) is 11.3 Å². The highest BCUT2D eigenvalue weighted by Gasteiger charge is 2.39. The van der Waals surface area contributed by atoms with Crippen molar-refractivity contribution in [3.63, 3.8) is 0 Å². The Morgan fingerprint density at radius 2 is 1.70 bits per heavy atom. The van der Waals surface area contributed by atoms with Crippen LogP contribution in [-0.2, 0) is 11.8 Å². The van der Waals surface area contributed by atoms with Gasteiger partial charge in [-0.15, -0.1) is 0 Å². The first-order chi connectivity index (χ1) is 13.8. The van der Waals surface area contributed by atoms with E-state index in [9.17, 15) is 31.9 Å². The number of hydrogen-bond acceptors (Lipinski definition) is 3. The molecule has 2 N–H and O–H groups in total. The number of anilines is 1. The number of benzene rings is 1. The molecule has 6 nitrogen and oxygen atoms in total. The Labute approximate surface area is 170 Å². The van der Waals surface area contributed by atoms with Crippen LogP contribution < -0.4 is 10.6 Å². The SMILES string of the molecule is Cc1cc(NC(=O)c2c(C)c(C(=O)C(=O)N[C@H](C)C(F)(F)F)n(C)c2C)ccc1F. The van der Waals surface area contributed by atoms with Gasteiger partial charge in [0.1, 0.15) is 11.9 Å². The van der Waals surface area contributed by atoms with Crippen LogP contribution in [-0.4, -0.2) is 34.4 Å². The smallest absolute Gasteiger partial charge is 0.344 e. The second kappa shape index (κ2) is 8.29. The number of rotatable bonds is 5. The Bertz CT molecular complexity index is 1030. The largest absolute Gasteiger partial charge is 0.408 e. The highest BCUT2D eigenvalue weighted by Crippen LogP contribution is 2.24. The van der Waals surface area contributed by atoms with Crippen molar-refractivity contribution in [2.75, 3.05) is 5.32 Å². The van der Waals surface area contributed by atoms with Gasteiger partial charge in [-0.3, -0.25) is 14.4 Å². The molecule has 0 saturated carbocycles. The molecule has 0 aliphatic carbocycles. The van der Waals surface area contributed by atoms with Crippen molar-refractivity contribution >= 4 is 23.3 Å². The molecule has 0 saturated heterocycles. The molecule has 1 aromatic heterocycles. The van der Waals surface area contributed by atoms with Gasteiger partial charge in [0.25, 0.3) is 17.6 Å². The molecule has 1 heterocycles. The molecule has 2 rings (SSSR count). The molecule has 2 aromatic rings. The van der Waals surface area contributed by atoms with E-state index in [2.05, 4.69) is 5.32 Å². The molecular weight excluding hydrogens is 406 g/mol. The predicted molar refractivity (Wildman–Crippen MR) is 102 cm³/mol. The lowest BCUT2D eigenvalue weighted by Crippen LogP contribution is -2.46. The van der Waals surface area contributed by atoms with E-state index < -0.39 is 35.6 Å². The van der Waals surface area contributed by atoms with Gasteiger partial charge in [-0.05, 0) is 57.0 Å². The van der Waals surface area contributed by atoms with Crippen LogP contribution in [0.4, 0.5) is 23.2 Å². The summed E-state index contributed by atoms with van der Waals surface area (Å²) in [5, 5.41) is 4.21. The van der Waals surface area contributed by atoms with Gasteiger partial charge in [-0.25, -0.2) is 4.39 Å². The van der Waals surface area contributed by atoms with Crippen LogP contribution in [0.2, 0.25) is 0 Å². The number of aromatic nitrogens is 1. The van der Waals surface area contributed by atoms with Gasteiger partial charge in [-0.1, -0.05) is 0 Å². The average molecular weight is 427 g/mol. The fourth-order valence-corrected chi connectivity index (χ4v) is 3.00. The summed E-state index contributed by atoms with van der Waals surface area (Å²) in [5.74, 6) is -3.66. The van der Waals surface area contributed by atoms with Crippen molar-refractivity contribution in [2.24, 2.45) is 7.05 Å². The molecule has 0 spiro atoms. The van der Waals surface area contributed by atoms with E-state index in [1.165, 1.54) is 50.6 Å². The molecule has 1 aromatic carbocycles. The van der Waals surface area contributed by atoms with Gasteiger partial charge in [0.15, 0.2) is 0 Å². The summed E-state index contributed by atoms with van der Waals surface area (Å²) in [7, 11) is 1.43. The number of aryl methyl sites for hydroxylation is 1. The Balaban J connectivity index is 2.33. The molecule has 1 atom stereocenters. The maximum atomic E-state index is 13.4. The number of nitrogens with one attached hydrogen (secondary N) is 2. The molecule has 0 bridgehead atoms. The van der Waals surface area contributed by atoms with E-state index in [-0.39, 0.29) is 16.8 Å². The summed E-state index contributed by atoms with van der Waals surface area (Å²) in [4.78, 5) is 37.3. The number of ketones is 1. The van der Waals surface area contributed by atoms with Crippen LogP contribution in [0.25, 0.3) is 0 Å². The van der Waals surface area contributed by atoms with Crippen molar-refractivity contribution in [3.05, 3.63) is 52.1 Å². The first-order valence-electron chi connectivity index (χ1n) is 8.91. The van der Waals surface area contributed by atoms with E-state index in [0.29, 0.717) is 16.9 Å². The summed E-state index contributed by atoms with van der Waals surface area (Å²) in [6, 6.07) is 1.78. The average Bonchev–Trinajstić information content (AvgIpc) is 2.85. The zero-order chi connectivity index (χ0) is 23.0. The fourth-order valence-electron chi connectivity index (χ4n) is 3.00. The topological polar surface area (TPSA) is 80.2 Å². The van der Waals surface area contributed by atoms with Crippen molar-refractivity contribution in [3.8, 4) is 0 Å². The predicted octanol–water partition coefficient (Wildman–Crippen LogP) is 3.59. The number of nitrogens with zero attached hydrogens (tertiary/aromatic N) is 1. The van der Waals surface area contributed by atoms with Gasteiger partial charge in [0, 0.05) is 18.4 Å². The summed E-state index contributed by atoms with van der Waals surface area (Å²) in [6.45, 7) is 5.20. The van der Waals surface area contributed by atoms with E-state index in [4.69, 9.17) is 0 Å². The maximum Gasteiger partial charge on any atom is 0.408 e. The van der Waals surface area contributed by atoms with Crippen LogP contribution in [0.3, 0.4) is 0 Å². The first kappa shape index (κ1) is 23.1. The van der Waals surface area contributed by atoms with E-state index in [1.807, 2.05) is 0 Å². The van der Waals surface area contributed by atoms with Crippen LogP contribution >= 0.6 is 0 Å². The third kappa shape index (κ3) is 4.52. The molecule has 0 fully saturated rings. The second-order valence-electron chi connectivity index (χ2n) is 6.98. The van der Waals surface area contributed by atoms with Gasteiger partial charge >= 0.3 is 6.18 Å². The van der Waals surface area contributed by atoms with E-state index in [1.54, 1.807) is 5.32 Å². The number of amides is 2. The molecule has 0 aliphatic rings. The number of carbonyl (C=O) groups is 3. The lowest BCUT2D eigenvalue weighted by Gasteiger charge is -2.16. The van der Waals surface area contributed by atoms with Crippen molar-refractivity contribution in [2.45, 2.75) is 39.9 Å². The molecule has 0 radical (unpaired) electrons. The van der Waals surface area contributed by atoms with E-state index >= 15 is 0 Å².